The molecule has 0 aromatic heterocycles. The highest BCUT2D eigenvalue weighted by Gasteiger charge is 2.53. The fraction of sp³-hybridized carbons (Fsp3) is 0.438. The summed E-state index contributed by atoms with van der Waals surface area (Å²) in [7, 11) is 1.33. The fourth-order valence-corrected chi connectivity index (χ4v) is 3.11. The van der Waals surface area contributed by atoms with Crippen LogP contribution < -0.4 is 5.32 Å². The lowest BCUT2D eigenvalue weighted by atomic mass is 9.83. The molecule has 1 aliphatic rings. The van der Waals surface area contributed by atoms with E-state index in [1.165, 1.54) is 13.2 Å². The van der Waals surface area contributed by atoms with Crippen molar-refractivity contribution >= 4 is 17.3 Å². The van der Waals surface area contributed by atoms with Crippen molar-refractivity contribution in [2.75, 3.05) is 18.9 Å². The molecular formula is C16H17ClF3N3. The van der Waals surface area contributed by atoms with Gasteiger partial charge in [-0.05, 0) is 50.2 Å². The molecule has 0 heterocycles. The molecule has 7 heteroatoms. The van der Waals surface area contributed by atoms with Gasteiger partial charge in [-0.15, -0.1) is 0 Å². The Morgan fingerprint density at radius 1 is 1.48 bits per heavy atom. The van der Waals surface area contributed by atoms with Gasteiger partial charge in [-0.1, -0.05) is 18.2 Å². The van der Waals surface area contributed by atoms with Crippen LogP contribution in [0.3, 0.4) is 0 Å². The van der Waals surface area contributed by atoms with Crippen LogP contribution in [0.4, 0.5) is 18.9 Å². The van der Waals surface area contributed by atoms with Gasteiger partial charge in [0.25, 0.3) is 0 Å². The van der Waals surface area contributed by atoms with Crippen molar-refractivity contribution in [3.8, 4) is 6.07 Å². The summed E-state index contributed by atoms with van der Waals surface area (Å²) in [5.41, 5.74) is -0.403. The van der Waals surface area contributed by atoms with Crippen LogP contribution in [0.5, 0.6) is 0 Å². The summed E-state index contributed by atoms with van der Waals surface area (Å²) in [5.74, 6) is -0.163. The number of nitriles is 1. The van der Waals surface area contributed by atoms with Gasteiger partial charge in [0, 0.05) is 16.3 Å². The summed E-state index contributed by atoms with van der Waals surface area (Å²) < 4.78 is 38.7. The van der Waals surface area contributed by atoms with Gasteiger partial charge < -0.3 is 5.32 Å². The Kier molecular flexibility index (Phi) is 4.92. The van der Waals surface area contributed by atoms with E-state index in [4.69, 9.17) is 11.6 Å². The molecule has 2 rings (SSSR count). The quantitative estimate of drug-likeness (QED) is 0.825. The summed E-state index contributed by atoms with van der Waals surface area (Å²) in [6, 6.07) is 6.96. The van der Waals surface area contributed by atoms with E-state index < -0.39 is 18.3 Å². The molecule has 0 amide bonds. The van der Waals surface area contributed by atoms with Crippen molar-refractivity contribution in [3.63, 3.8) is 0 Å². The lowest BCUT2D eigenvalue weighted by Crippen LogP contribution is -2.48. The summed E-state index contributed by atoms with van der Waals surface area (Å²) >= 11 is 6.04. The van der Waals surface area contributed by atoms with Crippen LogP contribution in [0.25, 0.3) is 0 Å². The van der Waals surface area contributed by atoms with Gasteiger partial charge in [-0.2, -0.15) is 18.4 Å². The Hall–Kier alpha value is -1.71. The van der Waals surface area contributed by atoms with Crippen molar-refractivity contribution < 1.29 is 13.2 Å². The number of anilines is 1. The lowest BCUT2D eigenvalue weighted by molar-refractivity contribution is -0.153. The first kappa shape index (κ1) is 17.6. The highest BCUT2D eigenvalue weighted by atomic mass is 35.5. The molecule has 0 radical (unpaired) electrons. The first-order chi connectivity index (χ1) is 10.7. The Labute approximate surface area is 138 Å². The molecule has 23 heavy (non-hydrogen) atoms. The maximum atomic E-state index is 12.9. The highest BCUT2D eigenvalue weighted by Crippen LogP contribution is 2.51. The van der Waals surface area contributed by atoms with E-state index in [-0.39, 0.29) is 5.92 Å². The third-order valence-electron chi connectivity index (χ3n) is 4.01. The lowest BCUT2D eigenvalue weighted by Gasteiger charge is -2.38. The van der Waals surface area contributed by atoms with E-state index in [9.17, 15) is 18.4 Å². The molecule has 124 valence electrons. The summed E-state index contributed by atoms with van der Waals surface area (Å²) in [6.07, 6.45) is -1.56. The van der Waals surface area contributed by atoms with Crippen LogP contribution >= 0.6 is 11.6 Å². The zero-order valence-corrected chi connectivity index (χ0v) is 13.4. The van der Waals surface area contributed by atoms with E-state index in [1.807, 2.05) is 0 Å². The first-order valence-electron chi connectivity index (χ1n) is 7.11. The largest absolute Gasteiger partial charge is 0.401 e. The average Bonchev–Trinajstić information content (AvgIpc) is 3.26. The normalized spacial score (nSPS) is 17.4. The Balaban J connectivity index is 2.57. The maximum absolute atomic E-state index is 12.9. The molecule has 1 aromatic rings. The molecule has 0 spiro atoms. The fourth-order valence-electron chi connectivity index (χ4n) is 2.94. The maximum Gasteiger partial charge on any atom is 0.401 e. The van der Waals surface area contributed by atoms with Crippen molar-refractivity contribution in [3.05, 3.63) is 41.6 Å². The third kappa shape index (κ3) is 3.62. The van der Waals surface area contributed by atoms with Crippen LogP contribution in [0.1, 0.15) is 18.4 Å². The third-order valence-corrected chi connectivity index (χ3v) is 4.24. The zero-order valence-electron chi connectivity index (χ0n) is 12.6. The minimum Gasteiger partial charge on any atom is -0.362 e. The summed E-state index contributed by atoms with van der Waals surface area (Å²) in [4.78, 5) is 1.07. The monoisotopic (exact) mass is 343 g/mol. The van der Waals surface area contributed by atoms with E-state index in [0.717, 1.165) is 4.90 Å². The molecule has 0 saturated heterocycles. The molecule has 1 N–H and O–H groups in total. The molecule has 1 saturated carbocycles. The van der Waals surface area contributed by atoms with Crippen LogP contribution in [-0.4, -0.2) is 24.7 Å². The predicted molar refractivity (Wildman–Crippen MR) is 84.0 cm³/mol. The molecule has 0 aliphatic heterocycles. The number of nitrogens with zero attached hydrogens (tertiary/aromatic N) is 2. The van der Waals surface area contributed by atoms with Gasteiger partial charge in [0.15, 0.2) is 0 Å². The highest BCUT2D eigenvalue weighted by molar-refractivity contribution is 6.30. The second-order valence-electron chi connectivity index (χ2n) is 5.66. The van der Waals surface area contributed by atoms with Gasteiger partial charge in [0.05, 0.1) is 12.6 Å². The molecule has 1 aromatic carbocycles. The second kappa shape index (κ2) is 6.42. The van der Waals surface area contributed by atoms with Gasteiger partial charge in [0.1, 0.15) is 5.54 Å². The SMILES string of the molecule is C=CNc1ccc(Cl)cc1C(C#N)(C1CC1)N(C)CC(F)(F)F. The average molecular weight is 344 g/mol. The molecular weight excluding hydrogens is 327 g/mol. The van der Waals surface area contributed by atoms with Crippen LogP contribution in [0.2, 0.25) is 5.02 Å². The van der Waals surface area contributed by atoms with E-state index in [0.29, 0.717) is 29.1 Å². The summed E-state index contributed by atoms with van der Waals surface area (Å²) in [5, 5.41) is 13.1. The van der Waals surface area contributed by atoms with E-state index in [2.05, 4.69) is 18.0 Å². The van der Waals surface area contributed by atoms with Crippen molar-refractivity contribution in [2.45, 2.75) is 24.6 Å². The minimum absolute atomic E-state index is 0.163. The molecule has 1 fully saturated rings. The van der Waals surface area contributed by atoms with Gasteiger partial charge in [-0.25, -0.2) is 0 Å². The van der Waals surface area contributed by atoms with Gasteiger partial charge in [0.2, 0.25) is 0 Å². The van der Waals surface area contributed by atoms with E-state index >= 15 is 0 Å². The van der Waals surface area contributed by atoms with Gasteiger partial charge >= 0.3 is 6.18 Å². The predicted octanol–water partition coefficient (Wildman–Crippen LogP) is 4.52. The number of hydrogen-bond donors (Lipinski definition) is 1. The number of hydrogen-bond acceptors (Lipinski definition) is 3. The molecule has 3 nitrogen and oxygen atoms in total. The minimum atomic E-state index is -4.39. The molecule has 0 bridgehead atoms. The number of nitrogens with one attached hydrogen (secondary N) is 1. The van der Waals surface area contributed by atoms with Crippen LogP contribution in [-0.2, 0) is 5.54 Å². The number of halogens is 4. The van der Waals surface area contributed by atoms with Gasteiger partial charge in [-0.3, -0.25) is 4.90 Å². The second-order valence-corrected chi connectivity index (χ2v) is 6.10. The standard InChI is InChI=1S/C16H17ClF3N3/c1-3-22-14-7-6-12(17)8-13(14)15(9-21,11-4-5-11)23(2)10-16(18,19)20/h3,6-8,11,22H,1,4-5,10H2,2H3. The van der Waals surface area contributed by atoms with Crippen LogP contribution in [0.15, 0.2) is 31.0 Å². The van der Waals surface area contributed by atoms with Crippen molar-refractivity contribution in [1.29, 1.82) is 5.26 Å². The van der Waals surface area contributed by atoms with Crippen molar-refractivity contribution in [2.24, 2.45) is 5.92 Å². The zero-order chi connectivity index (χ0) is 17.3. The Bertz CT molecular complexity index is 634. The molecule has 1 aliphatic carbocycles. The van der Waals surface area contributed by atoms with Crippen molar-refractivity contribution in [1.82, 2.24) is 4.90 Å². The number of alkyl halides is 3. The number of rotatable bonds is 6. The first-order valence-corrected chi connectivity index (χ1v) is 7.49. The Morgan fingerprint density at radius 3 is 2.61 bits per heavy atom. The smallest absolute Gasteiger partial charge is 0.362 e. The van der Waals surface area contributed by atoms with E-state index in [1.54, 1.807) is 18.2 Å². The molecule has 1 atom stereocenters. The summed E-state index contributed by atoms with van der Waals surface area (Å²) in [6.45, 7) is 2.40. The molecule has 1 unspecified atom stereocenters. The number of benzene rings is 1. The topological polar surface area (TPSA) is 39.1 Å². The Morgan fingerprint density at radius 2 is 2.13 bits per heavy atom. The van der Waals surface area contributed by atoms with Crippen LogP contribution in [0, 0.1) is 17.2 Å².